The molecule has 2 heterocycles. The van der Waals surface area contributed by atoms with E-state index in [9.17, 15) is 9.59 Å². The maximum absolute atomic E-state index is 12.3. The maximum atomic E-state index is 12.3. The third-order valence-corrected chi connectivity index (χ3v) is 5.51. The molecule has 28 heavy (non-hydrogen) atoms. The summed E-state index contributed by atoms with van der Waals surface area (Å²) in [5.74, 6) is -0.492. The van der Waals surface area contributed by atoms with Crippen LogP contribution < -0.4 is 15.4 Å². The van der Waals surface area contributed by atoms with Crippen LogP contribution in [0.4, 0.5) is 0 Å². The summed E-state index contributed by atoms with van der Waals surface area (Å²) >= 11 is 1.54. The standard InChI is InChI=1S/C20H25N3O4S/c1-26-16-5-2-4-15(12-16)18(23-7-9-27-10-8-23)14-22-20(25)19(24)21-13-17-6-3-11-28-17/h2-6,11-12,18H,7-10,13-14H2,1H3,(H,21,24)(H,22,25)/t18-/m1/s1. The van der Waals surface area contributed by atoms with E-state index in [0.717, 1.165) is 29.3 Å². The van der Waals surface area contributed by atoms with Gasteiger partial charge in [-0.05, 0) is 29.1 Å². The Bertz CT molecular complexity index is 776. The number of nitrogens with zero attached hydrogens (tertiary/aromatic N) is 1. The van der Waals surface area contributed by atoms with E-state index in [1.807, 2.05) is 41.8 Å². The number of hydrogen-bond donors (Lipinski definition) is 2. The van der Waals surface area contributed by atoms with E-state index in [1.54, 1.807) is 7.11 Å². The lowest BCUT2D eigenvalue weighted by atomic mass is 10.0. The van der Waals surface area contributed by atoms with E-state index in [0.29, 0.717) is 26.3 Å². The molecular formula is C20H25N3O4S. The Kier molecular flexibility index (Phi) is 7.41. The summed E-state index contributed by atoms with van der Waals surface area (Å²) in [5.41, 5.74) is 1.03. The van der Waals surface area contributed by atoms with Crippen molar-refractivity contribution in [3.63, 3.8) is 0 Å². The van der Waals surface area contributed by atoms with Crippen LogP contribution in [0.15, 0.2) is 41.8 Å². The van der Waals surface area contributed by atoms with Crippen LogP contribution in [0.2, 0.25) is 0 Å². The summed E-state index contributed by atoms with van der Waals surface area (Å²) in [6, 6.07) is 11.5. The molecule has 0 unspecified atom stereocenters. The van der Waals surface area contributed by atoms with Crippen molar-refractivity contribution in [1.29, 1.82) is 0 Å². The number of benzene rings is 1. The van der Waals surface area contributed by atoms with E-state index in [2.05, 4.69) is 15.5 Å². The Hall–Kier alpha value is -2.42. The van der Waals surface area contributed by atoms with Crippen LogP contribution in [0, 0.1) is 0 Å². The van der Waals surface area contributed by atoms with Gasteiger partial charge in [-0.2, -0.15) is 0 Å². The molecule has 1 aliphatic rings. The zero-order valence-electron chi connectivity index (χ0n) is 15.8. The van der Waals surface area contributed by atoms with E-state index in [4.69, 9.17) is 9.47 Å². The van der Waals surface area contributed by atoms with Crippen molar-refractivity contribution in [3.05, 3.63) is 52.2 Å². The van der Waals surface area contributed by atoms with Crippen LogP contribution >= 0.6 is 11.3 Å². The highest BCUT2D eigenvalue weighted by Gasteiger charge is 2.24. The number of morpholine rings is 1. The van der Waals surface area contributed by atoms with Gasteiger partial charge in [-0.15, -0.1) is 11.3 Å². The van der Waals surface area contributed by atoms with Crippen molar-refractivity contribution in [2.24, 2.45) is 0 Å². The summed E-state index contributed by atoms with van der Waals surface area (Å²) in [7, 11) is 1.63. The SMILES string of the molecule is COc1cccc([C@@H](CNC(=O)C(=O)NCc2cccs2)N2CCOCC2)c1. The molecule has 0 aliphatic carbocycles. The first-order valence-electron chi connectivity index (χ1n) is 9.21. The first-order chi connectivity index (χ1) is 13.7. The molecule has 150 valence electrons. The zero-order valence-corrected chi connectivity index (χ0v) is 16.7. The number of amides is 2. The van der Waals surface area contributed by atoms with Crippen LogP contribution in [0.3, 0.4) is 0 Å². The molecular weight excluding hydrogens is 378 g/mol. The molecule has 1 aromatic heterocycles. The molecule has 2 aromatic rings. The Morgan fingerprint density at radius 1 is 1.18 bits per heavy atom. The number of ether oxygens (including phenoxy) is 2. The molecule has 3 rings (SSSR count). The van der Waals surface area contributed by atoms with Gasteiger partial charge in [0.25, 0.3) is 0 Å². The van der Waals surface area contributed by atoms with Gasteiger partial charge >= 0.3 is 11.8 Å². The summed E-state index contributed by atoms with van der Waals surface area (Å²) in [6.07, 6.45) is 0. The lowest BCUT2D eigenvalue weighted by molar-refractivity contribution is -0.139. The van der Waals surface area contributed by atoms with Gasteiger partial charge < -0.3 is 20.1 Å². The average Bonchev–Trinajstić information content (AvgIpc) is 3.26. The van der Waals surface area contributed by atoms with Crippen LogP contribution in [0.25, 0.3) is 0 Å². The molecule has 1 saturated heterocycles. The summed E-state index contributed by atoms with van der Waals surface area (Å²) in [6.45, 7) is 3.52. The minimum absolute atomic E-state index is 0.0620. The number of hydrogen-bond acceptors (Lipinski definition) is 6. The third-order valence-electron chi connectivity index (χ3n) is 4.63. The Balaban J connectivity index is 1.61. The predicted molar refractivity (Wildman–Crippen MR) is 107 cm³/mol. The van der Waals surface area contributed by atoms with Crippen molar-refractivity contribution >= 4 is 23.2 Å². The molecule has 2 N–H and O–H groups in total. The zero-order chi connectivity index (χ0) is 19.8. The normalized spacial score (nSPS) is 15.6. The maximum Gasteiger partial charge on any atom is 0.309 e. The quantitative estimate of drug-likeness (QED) is 0.686. The fourth-order valence-electron chi connectivity index (χ4n) is 3.13. The highest BCUT2D eigenvalue weighted by atomic mass is 32.1. The summed E-state index contributed by atoms with van der Waals surface area (Å²) < 4.78 is 10.8. The molecule has 1 fully saturated rings. The predicted octanol–water partition coefficient (Wildman–Crippen LogP) is 1.56. The van der Waals surface area contributed by atoms with Crippen molar-refractivity contribution in [3.8, 4) is 5.75 Å². The van der Waals surface area contributed by atoms with Gasteiger partial charge in [0.1, 0.15) is 5.75 Å². The van der Waals surface area contributed by atoms with Crippen LogP contribution in [-0.4, -0.2) is 56.7 Å². The second-order valence-corrected chi connectivity index (χ2v) is 7.45. The summed E-state index contributed by atoms with van der Waals surface area (Å²) in [5, 5.41) is 7.36. The molecule has 0 saturated carbocycles. The highest BCUT2D eigenvalue weighted by molar-refractivity contribution is 7.09. The molecule has 0 spiro atoms. The molecule has 1 aromatic carbocycles. The Morgan fingerprint density at radius 2 is 1.96 bits per heavy atom. The van der Waals surface area contributed by atoms with Gasteiger partial charge in [-0.3, -0.25) is 14.5 Å². The number of thiophene rings is 1. The second kappa shape index (κ2) is 10.2. The molecule has 2 amide bonds. The van der Waals surface area contributed by atoms with Crippen molar-refractivity contribution in [2.75, 3.05) is 40.0 Å². The number of carbonyl (C=O) groups is 2. The molecule has 1 aliphatic heterocycles. The van der Waals surface area contributed by atoms with Crippen LogP contribution in [-0.2, 0) is 20.9 Å². The summed E-state index contributed by atoms with van der Waals surface area (Å²) in [4.78, 5) is 27.6. The molecule has 0 bridgehead atoms. The monoisotopic (exact) mass is 403 g/mol. The smallest absolute Gasteiger partial charge is 0.309 e. The van der Waals surface area contributed by atoms with Crippen LogP contribution in [0.5, 0.6) is 5.75 Å². The first kappa shape index (κ1) is 20.3. The fourth-order valence-corrected chi connectivity index (χ4v) is 3.77. The fraction of sp³-hybridized carbons (Fsp3) is 0.400. The van der Waals surface area contributed by atoms with Gasteiger partial charge in [-0.1, -0.05) is 18.2 Å². The lowest BCUT2D eigenvalue weighted by Gasteiger charge is -2.35. The van der Waals surface area contributed by atoms with E-state index >= 15 is 0 Å². The van der Waals surface area contributed by atoms with E-state index < -0.39 is 11.8 Å². The van der Waals surface area contributed by atoms with Gasteiger partial charge in [-0.25, -0.2) is 0 Å². The number of methoxy groups -OCH3 is 1. The topological polar surface area (TPSA) is 79.9 Å². The van der Waals surface area contributed by atoms with Gasteiger partial charge in [0, 0.05) is 24.5 Å². The molecule has 7 nitrogen and oxygen atoms in total. The minimum atomic E-state index is -0.627. The Labute approximate surface area is 168 Å². The number of nitrogens with one attached hydrogen (secondary N) is 2. The molecule has 0 radical (unpaired) electrons. The Morgan fingerprint density at radius 3 is 2.68 bits per heavy atom. The average molecular weight is 404 g/mol. The van der Waals surface area contributed by atoms with E-state index in [-0.39, 0.29) is 6.04 Å². The molecule has 1 atom stereocenters. The minimum Gasteiger partial charge on any atom is -0.497 e. The van der Waals surface area contributed by atoms with Gasteiger partial charge in [0.05, 0.1) is 32.9 Å². The van der Waals surface area contributed by atoms with Gasteiger partial charge in [0.15, 0.2) is 0 Å². The number of carbonyl (C=O) groups excluding carboxylic acids is 2. The van der Waals surface area contributed by atoms with E-state index in [1.165, 1.54) is 11.3 Å². The van der Waals surface area contributed by atoms with Crippen LogP contribution in [0.1, 0.15) is 16.5 Å². The van der Waals surface area contributed by atoms with Crippen molar-refractivity contribution < 1.29 is 19.1 Å². The molecule has 8 heteroatoms. The number of rotatable bonds is 7. The first-order valence-corrected chi connectivity index (χ1v) is 10.1. The van der Waals surface area contributed by atoms with Crippen molar-refractivity contribution in [1.82, 2.24) is 15.5 Å². The largest absolute Gasteiger partial charge is 0.497 e. The van der Waals surface area contributed by atoms with Crippen molar-refractivity contribution in [2.45, 2.75) is 12.6 Å². The second-order valence-electron chi connectivity index (χ2n) is 6.41. The highest BCUT2D eigenvalue weighted by Crippen LogP contribution is 2.24. The third kappa shape index (κ3) is 5.54. The van der Waals surface area contributed by atoms with Gasteiger partial charge in [0.2, 0.25) is 0 Å². The lowest BCUT2D eigenvalue weighted by Crippen LogP contribution is -2.46.